The Kier molecular flexibility index (Phi) is 5.73. The summed E-state index contributed by atoms with van der Waals surface area (Å²) in [6, 6.07) is 15.3. The highest BCUT2D eigenvalue weighted by molar-refractivity contribution is 5.98. The second-order valence-corrected chi connectivity index (χ2v) is 6.07. The third-order valence-corrected chi connectivity index (χ3v) is 4.27. The average molecular weight is 353 g/mol. The van der Waals surface area contributed by atoms with Gasteiger partial charge in [0.2, 0.25) is 0 Å². The van der Waals surface area contributed by atoms with Gasteiger partial charge in [-0.2, -0.15) is 0 Å². The Morgan fingerprint density at radius 2 is 2.04 bits per heavy atom. The van der Waals surface area contributed by atoms with Crippen molar-refractivity contribution in [3.63, 3.8) is 0 Å². The molecule has 0 saturated carbocycles. The lowest BCUT2D eigenvalue weighted by molar-refractivity contribution is -0.118. The number of hydrogen-bond acceptors (Lipinski definition) is 4. The van der Waals surface area contributed by atoms with Crippen molar-refractivity contribution in [2.45, 2.75) is 13.3 Å². The predicted molar refractivity (Wildman–Crippen MR) is 102 cm³/mol. The summed E-state index contributed by atoms with van der Waals surface area (Å²) in [5, 5.41) is 5.65. The zero-order chi connectivity index (χ0) is 18.4. The Morgan fingerprint density at radius 1 is 1.23 bits per heavy atom. The van der Waals surface area contributed by atoms with Gasteiger partial charge >= 0.3 is 0 Å². The van der Waals surface area contributed by atoms with E-state index < -0.39 is 0 Å². The summed E-state index contributed by atoms with van der Waals surface area (Å²) < 4.78 is 5.35. The molecule has 1 aliphatic rings. The minimum absolute atomic E-state index is 0.0234. The lowest BCUT2D eigenvalue weighted by atomic mass is 10.1. The van der Waals surface area contributed by atoms with Gasteiger partial charge in [-0.15, -0.1) is 0 Å². The SMILES string of the molecule is CCN(CCCNC(=O)c1ccc2c(c1)OCC(=O)N2)c1ccccc1. The van der Waals surface area contributed by atoms with Crippen molar-refractivity contribution in [1.82, 2.24) is 5.32 Å². The van der Waals surface area contributed by atoms with E-state index in [1.165, 1.54) is 5.69 Å². The van der Waals surface area contributed by atoms with Crippen molar-refractivity contribution < 1.29 is 14.3 Å². The van der Waals surface area contributed by atoms with E-state index in [1.807, 2.05) is 18.2 Å². The monoisotopic (exact) mass is 353 g/mol. The molecule has 1 aliphatic heterocycles. The number of amides is 2. The highest BCUT2D eigenvalue weighted by Gasteiger charge is 2.17. The van der Waals surface area contributed by atoms with E-state index in [2.05, 4.69) is 34.6 Å². The van der Waals surface area contributed by atoms with E-state index in [9.17, 15) is 9.59 Å². The molecule has 0 bridgehead atoms. The van der Waals surface area contributed by atoms with Gasteiger partial charge in [-0.05, 0) is 43.7 Å². The lowest BCUT2D eigenvalue weighted by Crippen LogP contribution is -2.30. The van der Waals surface area contributed by atoms with Crippen LogP contribution in [0, 0.1) is 0 Å². The maximum atomic E-state index is 12.3. The third-order valence-electron chi connectivity index (χ3n) is 4.27. The first kappa shape index (κ1) is 17.8. The van der Waals surface area contributed by atoms with Crippen LogP contribution in [0.1, 0.15) is 23.7 Å². The fraction of sp³-hybridized carbons (Fsp3) is 0.300. The average Bonchev–Trinajstić information content (AvgIpc) is 2.68. The Hall–Kier alpha value is -3.02. The number of hydrogen-bond donors (Lipinski definition) is 2. The molecule has 0 atom stereocenters. The summed E-state index contributed by atoms with van der Waals surface area (Å²) in [6.45, 7) is 4.49. The molecule has 0 spiro atoms. The smallest absolute Gasteiger partial charge is 0.262 e. The number of rotatable bonds is 7. The van der Waals surface area contributed by atoms with Crippen LogP contribution in [0.5, 0.6) is 5.75 Å². The van der Waals surface area contributed by atoms with Gasteiger partial charge in [0, 0.05) is 30.9 Å². The fourth-order valence-electron chi connectivity index (χ4n) is 2.90. The second kappa shape index (κ2) is 8.38. The van der Waals surface area contributed by atoms with Crippen LogP contribution in [0.4, 0.5) is 11.4 Å². The lowest BCUT2D eigenvalue weighted by Gasteiger charge is -2.23. The number of fused-ring (bicyclic) bond motifs is 1. The maximum Gasteiger partial charge on any atom is 0.262 e. The van der Waals surface area contributed by atoms with Gasteiger partial charge in [0.05, 0.1) is 5.69 Å². The Labute approximate surface area is 153 Å². The molecule has 2 aromatic rings. The van der Waals surface area contributed by atoms with E-state index in [0.29, 0.717) is 23.5 Å². The van der Waals surface area contributed by atoms with E-state index in [4.69, 9.17) is 4.74 Å². The summed E-state index contributed by atoms with van der Waals surface area (Å²) in [4.78, 5) is 25.9. The van der Waals surface area contributed by atoms with Crippen molar-refractivity contribution in [3.05, 3.63) is 54.1 Å². The number of benzene rings is 2. The van der Waals surface area contributed by atoms with Gasteiger partial charge in [-0.1, -0.05) is 18.2 Å². The van der Waals surface area contributed by atoms with E-state index in [1.54, 1.807) is 18.2 Å². The van der Waals surface area contributed by atoms with Crippen molar-refractivity contribution in [2.75, 3.05) is 36.5 Å². The van der Waals surface area contributed by atoms with Crippen LogP contribution in [-0.4, -0.2) is 38.1 Å². The summed E-state index contributed by atoms with van der Waals surface area (Å²) in [5.41, 5.74) is 2.31. The minimum atomic E-state index is -0.186. The molecule has 2 amide bonds. The highest BCUT2D eigenvalue weighted by atomic mass is 16.5. The number of anilines is 2. The van der Waals surface area contributed by atoms with Crippen molar-refractivity contribution in [2.24, 2.45) is 0 Å². The van der Waals surface area contributed by atoms with Gasteiger partial charge < -0.3 is 20.3 Å². The number of carbonyl (C=O) groups is 2. The minimum Gasteiger partial charge on any atom is -0.482 e. The van der Waals surface area contributed by atoms with Crippen molar-refractivity contribution in [1.29, 1.82) is 0 Å². The van der Waals surface area contributed by atoms with Crippen molar-refractivity contribution in [3.8, 4) is 5.75 Å². The summed E-state index contributed by atoms with van der Waals surface area (Å²) in [7, 11) is 0. The van der Waals surface area contributed by atoms with E-state index >= 15 is 0 Å². The van der Waals surface area contributed by atoms with Crippen LogP contribution in [0.15, 0.2) is 48.5 Å². The van der Waals surface area contributed by atoms with Crippen molar-refractivity contribution >= 4 is 23.2 Å². The van der Waals surface area contributed by atoms with Gasteiger partial charge in [0.1, 0.15) is 5.75 Å². The molecule has 6 nitrogen and oxygen atoms in total. The number of ether oxygens (including phenoxy) is 1. The number of para-hydroxylation sites is 1. The molecular formula is C20H23N3O3. The van der Waals surface area contributed by atoms with E-state index in [-0.39, 0.29) is 18.4 Å². The zero-order valence-corrected chi connectivity index (χ0v) is 14.8. The molecule has 0 aromatic heterocycles. The summed E-state index contributed by atoms with van der Waals surface area (Å²) in [5.74, 6) is 0.197. The number of carbonyl (C=O) groups excluding carboxylic acids is 2. The predicted octanol–water partition coefficient (Wildman–Crippen LogP) is 2.66. The van der Waals surface area contributed by atoms with Gasteiger partial charge in [0.25, 0.3) is 11.8 Å². The number of nitrogens with one attached hydrogen (secondary N) is 2. The fourth-order valence-corrected chi connectivity index (χ4v) is 2.90. The first-order valence-corrected chi connectivity index (χ1v) is 8.82. The molecule has 0 aliphatic carbocycles. The maximum absolute atomic E-state index is 12.3. The van der Waals surface area contributed by atoms with Crippen LogP contribution in [0.25, 0.3) is 0 Å². The van der Waals surface area contributed by atoms with Gasteiger partial charge in [0.15, 0.2) is 6.61 Å². The molecule has 0 unspecified atom stereocenters. The zero-order valence-electron chi connectivity index (χ0n) is 14.8. The third kappa shape index (κ3) is 4.33. The van der Waals surface area contributed by atoms with Crippen LogP contribution in [0.2, 0.25) is 0 Å². The molecule has 0 fully saturated rings. The first-order chi connectivity index (χ1) is 12.7. The molecule has 2 N–H and O–H groups in total. The molecule has 26 heavy (non-hydrogen) atoms. The summed E-state index contributed by atoms with van der Waals surface area (Å²) in [6.07, 6.45) is 0.853. The van der Waals surface area contributed by atoms with Crippen LogP contribution in [0.3, 0.4) is 0 Å². The molecule has 2 aromatic carbocycles. The Morgan fingerprint density at radius 3 is 2.81 bits per heavy atom. The van der Waals surface area contributed by atoms with Gasteiger partial charge in [-0.3, -0.25) is 9.59 Å². The molecule has 6 heteroatoms. The Bertz CT molecular complexity index is 777. The molecule has 0 saturated heterocycles. The topological polar surface area (TPSA) is 70.7 Å². The normalized spacial score (nSPS) is 12.6. The largest absolute Gasteiger partial charge is 0.482 e. The van der Waals surface area contributed by atoms with Gasteiger partial charge in [-0.25, -0.2) is 0 Å². The van der Waals surface area contributed by atoms with E-state index in [0.717, 1.165) is 19.5 Å². The molecule has 0 radical (unpaired) electrons. The standard InChI is InChI=1S/C20H23N3O3/c1-2-23(16-7-4-3-5-8-16)12-6-11-21-20(25)15-9-10-17-18(13-15)26-14-19(24)22-17/h3-5,7-10,13H,2,6,11-12,14H2,1H3,(H,21,25)(H,22,24). The highest BCUT2D eigenvalue weighted by Crippen LogP contribution is 2.28. The number of nitrogens with zero attached hydrogens (tertiary/aromatic N) is 1. The second-order valence-electron chi connectivity index (χ2n) is 6.07. The molecule has 1 heterocycles. The Balaban J connectivity index is 1.49. The van der Waals surface area contributed by atoms with Crippen LogP contribution < -0.4 is 20.3 Å². The van der Waals surface area contributed by atoms with Crippen LogP contribution in [-0.2, 0) is 4.79 Å². The summed E-state index contributed by atoms with van der Waals surface area (Å²) >= 11 is 0. The quantitative estimate of drug-likeness (QED) is 0.751. The molecular weight excluding hydrogens is 330 g/mol. The molecule has 3 rings (SSSR count). The molecule has 136 valence electrons. The van der Waals surface area contributed by atoms with Crippen LogP contribution >= 0.6 is 0 Å². The first-order valence-electron chi connectivity index (χ1n) is 8.82.